The van der Waals surface area contributed by atoms with Crippen LogP contribution in [0.3, 0.4) is 0 Å². The van der Waals surface area contributed by atoms with Gasteiger partial charge in [-0.3, -0.25) is 0 Å². The van der Waals surface area contributed by atoms with E-state index in [2.05, 4.69) is 23.6 Å². The van der Waals surface area contributed by atoms with Crippen molar-refractivity contribution < 1.29 is 19.2 Å². The minimum Gasteiger partial charge on any atom is -0.441 e. The monoisotopic (exact) mass is 444 g/mol. The van der Waals surface area contributed by atoms with Crippen molar-refractivity contribution in [2.45, 2.75) is 26.0 Å². The fourth-order valence-electron chi connectivity index (χ4n) is 3.70. The van der Waals surface area contributed by atoms with Crippen LogP contribution in [0.4, 0.5) is 0 Å². The first kappa shape index (κ1) is 21.9. The first-order chi connectivity index (χ1) is 15.7. The summed E-state index contributed by atoms with van der Waals surface area (Å²) in [5.74, 6) is -0.361. The Balaban J connectivity index is 1.79. The average Bonchev–Trinajstić information content (AvgIpc) is 3.14. The maximum atomic E-state index is 13.0. The highest BCUT2D eigenvalue weighted by Gasteiger charge is 2.34. The van der Waals surface area contributed by atoms with Crippen molar-refractivity contribution in [1.82, 2.24) is 0 Å². The summed E-state index contributed by atoms with van der Waals surface area (Å²) in [6, 6.07) is 29.1. The van der Waals surface area contributed by atoms with Crippen molar-refractivity contribution in [1.29, 1.82) is 0 Å². The number of ether oxygens (including phenoxy) is 1. The smallest absolute Gasteiger partial charge is 0.339 e. The second kappa shape index (κ2) is 10.4. The van der Waals surface area contributed by atoms with E-state index in [1.807, 2.05) is 66.7 Å². The number of hydrogen-bond acceptors (Lipinski definition) is 4. The molecule has 4 rings (SSSR count). The molecule has 0 saturated heterocycles. The molecule has 0 aliphatic carbocycles. The van der Waals surface area contributed by atoms with Crippen LogP contribution in [0.5, 0.6) is 0 Å². The average molecular weight is 445 g/mol. The fourth-order valence-corrected chi connectivity index (χ4v) is 5.01. The van der Waals surface area contributed by atoms with E-state index in [0.717, 1.165) is 26.7 Å². The second-order valence-corrected chi connectivity index (χ2v) is 8.67. The number of rotatable bonds is 8. The van der Waals surface area contributed by atoms with Gasteiger partial charge in [-0.2, -0.15) is 4.57 Å². The van der Waals surface area contributed by atoms with Crippen LogP contribution in [0, 0.1) is 6.92 Å². The molecule has 3 aromatic carbocycles. The minimum atomic E-state index is -0.552. The third-order valence-electron chi connectivity index (χ3n) is 5.39. The molecule has 0 bridgehead atoms. The molecule has 162 valence electrons. The highest BCUT2D eigenvalue weighted by Crippen LogP contribution is 2.31. The molecule has 0 amide bonds. The van der Waals surface area contributed by atoms with Crippen molar-refractivity contribution >= 4 is 17.3 Å². The van der Waals surface area contributed by atoms with Crippen molar-refractivity contribution in [3.05, 3.63) is 123 Å². The van der Waals surface area contributed by atoms with Gasteiger partial charge in [-0.1, -0.05) is 90.2 Å². The summed E-state index contributed by atoms with van der Waals surface area (Å²) in [4.78, 5) is 14.1. The third-order valence-corrected chi connectivity index (χ3v) is 6.78. The van der Waals surface area contributed by atoms with E-state index < -0.39 is 6.10 Å². The molecule has 4 nitrogen and oxygen atoms in total. The molecule has 1 aromatic heterocycles. The lowest BCUT2D eigenvalue weighted by Gasteiger charge is -2.15. The summed E-state index contributed by atoms with van der Waals surface area (Å²) in [7, 11) is 0. The molecule has 4 aromatic rings. The Bertz CT molecular complexity index is 1160. The van der Waals surface area contributed by atoms with Crippen molar-refractivity contribution in [2.75, 3.05) is 6.61 Å². The van der Waals surface area contributed by atoms with Crippen LogP contribution < -0.4 is 4.57 Å². The van der Waals surface area contributed by atoms with Crippen LogP contribution in [-0.2, 0) is 17.7 Å². The topological polar surface area (TPSA) is 50.4 Å². The first-order valence-electron chi connectivity index (χ1n) is 10.6. The molecule has 1 heterocycles. The van der Waals surface area contributed by atoms with Crippen molar-refractivity contribution in [3.63, 3.8) is 0 Å². The van der Waals surface area contributed by atoms with E-state index in [1.165, 1.54) is 0 Å². The molecular weight excluding hydrogens is 418 g/mol. The van der Waals surface area contributed by atoms with Crippen LogP contribution >= 0.6 is 11.3 Å². The number of nitrogens with zero attached hydrogens (tertiary/aromatic N) is 1. The Morgan fingerprint density at radius 3 is 2.16 bits per heavy atom. The zero-order chi connectivity index (χ0) is 22.3. The molecule has 0 fully saturated rings. The predicted octanol–water partition coefficient (Wildman–Crippen LogP) is 4.87. The molecule has 0 saturated carbocycles. The number of carbonyl (C=O) groups excluding carboxylic acids is 1. The zero-order valence-electron chi connectivity index (χ0n) is 18.0. The summed E-state index contributed by atoms with van der Waals surface area (Å²) in [5.41, 5.74) is 3.68. The Morgan fingerprint density at radius 1 is 0.938 bits per heavy atom. The first-order valence-corrected chi connectivity index (χ1v) is 11.5. The molecule has 1 atom stereocenters. The summed E-state index contributed by atoms with van der Waals surface area (Å²) < 4.78 is 8.33. The fraction of sp³-hybridized carbons (Fsp3) is 0.185. The van der Waals surface area contributed by atoms with E-state index in [-0.39, 0.29) is 12.6 Å². The van der Waals surface area contributed by atoms with Crippen LogP contribution in [0.15, 0.2) is 91.0 Å². The highest BCUT2D eigenvalue weighted by molar-refractivity contribution is 7.11. The summed E-state index contributed by atoms with van der Waals surface area (Å²) in [6.07, 6.45) is 0.0168. The number of aromatic nitrogens is 1. The number of benzene rings is 3. The molecule has 0 aliphatic rings. The number of aliphatic hydroxyl groups is 1. The van der Waals surface area contributed by atoms with Gasteiger partial charge in [0.25, 0.3) is 5.01 Å². The molecule has 32 heavy (non-hydrogen) atoms. The standard InChI is InChI=1S/C27H26NO3S/c1-20-24(17-18-29)32-26(28(20)19-21-11-5-2-6-12-21)25(22-13-7-3-8-14-22)31-27(30)23-15-9-4-10-16-23/h2-16,25,29H,17-19H2,1H3/q+1. The molecular formula is C27H26NO3S+. The van der Waals surface area contributed by atoms with Gasteiger partial charge in [0.2, 0.25) is 6.10 Å². The maximum Gasteiger partial charge on any atom is 0.339 e. The van der Waals surface area contributed by atoms with Crippen LogP contribution in [0.2, 0.25) is 0 Å². The van der Waals surface area contributed by atoms with Gasteiger partial charge in [0.1, 0.15) is 0 Å². The summed E-state index contributed by atoms with van der Waals surface area (Å²) in [6.45, 7) is 2.80. The van der Waals surface area contributed by atoms with Crippen LogP contribution in [-0.4, -0.2) is 17.7 Å². The maximum absolute atomic E-state index is 13.0. The quantitative estimate of drug-likeness (QED) is 0.311. The number of carbonyl (C=O) groups is 1. The van der Waals surface area contributed by atoms with E-state index in [1.54, 1.807) is 23.5 Å². The molecule has 0 radical (unpaired) electrons. The lowest BCUT2D eigenvalue weighted by atomic mass is 10.1. The van der Waals surface area contributed by atoms with Gasteiger partial charge in [-0.15, -0.1) is 0 Å². The van der Waals surface area contributed by atoms with E-state index in [0.29, 0.717) is 18.5 Å². The molecule has 0 spiro atoms. The SMILES string of the molecule is Cc1c(CCO)sc(C(OC(=O)c2ccccc2)c2ccccc2)[n+]1Cc1ccccc1. The zero-order valence-corrected chi connectivity index (χ0v) is 18.8. The minimum absolute atomic E-state index is 0.0753. The summed E-state index contributed by atoms with van der Waals surface area (Å²) in [5, 5.41) is 10.5. The predicted molar refractivity (Wildman–Crippen MR) is 126 cm³/mol. The van der Waals surface area contributed by atoms with Gasteiger partial charge in [-0.25, -0.2) is 4.79 Å². The van der Waals surface area contributed by atoms with Crippen molar-refractivity contribution in [2.24, 2.45) is 0 Å². The number of aliphatic hydroxyl groups excluding tert-OH is 1. The molecule has 0 aliphatic heterocycles. The lowest BCUT2D eigenvalue weighted by Crippen LogP contribution is -2.41. The molecule has 1 N–H and O–H groups in total. The molecule has 5 heteroatoms. The van der Waals surface area contributed by atoms with Crippen molar-refractivity contribution in [3.8, 4) is 0 Å². The van der Waals surface area contributed by atoms with Crippen LogP contribution in [0.1, 0.15) is 43.2 Å². The highest BCUT2D eigenvalue weighted by atomic mass is 32.1. The Hall–Kier alpha value is -3.28. The third kappa shape index (κ3) is 4.96. The summed E-state index contributed by atoms with van der Waals surface area (Å²) >= 11 is 1.60. The van der Waals surface area contributed by atoms with E-state index >= 15 is 0 Å². The second-order valence-electron chi connectivity index (χ2n) is 7.56. The van der Waals surface area contributed by atoms with Gasteiger partial charge in [0, 0.05) is 31.1 Å². The Kier molecular flexibility index (Phi) is 7.10. The largest absolute Gasteiger partial charge is 0.441 e. The van der Waals surface area contributed by atoms with Gasteiger partial charge in [0.05, 0.1) is 10.4 Å². The number of thiazole rings is 1. The lowest BCUT2D eigenvalue weighted by molar-refractivity contribution is -0.699. The Labute approximate surface area is 192 Å². The Morgan fingerprint density at radius 2 is 1.53 bits per heavy atom. The molecule has 1 unspecified atom stereocenters. The van der Waals surface area contributed by atoms with Gasteiger partial charge in [0.15, 0.2) is 12.2 Å². The normalized spacial score (nSPS) is 11.8. The van der Waals surface area contributed by atoms with Gasteiger partial charge in [-0.05, 0) is 12.1 Å². The van der Waals surface area contributed by atoms with Gasteiger partial charge < -0.3 is 9.84 Å². The van der Waals surface area contributed by atoms with E-state index in [9.17, 15) is 9.90 Å². The van der Waals surface area contributed by atoms with Gasteiger partial charge >= 0.3 is 5.97 Å². The van der Waals surface area contributed by atoms with E-state index in [4.69, 9.17) is 4.74 Å². The number of hydrogen-bond donors (Lipinski definition) is 1. The number of esters is 1. The van der Waals surface area contributed by atoms with Crippen LogP contribution in [0.25, 0.3) is 0 Å².